The van der Waals surface area contributed by atoms with E-state index in [-0.39, 0.29) is 10.8 Å². The van der Waals surface area contributed by atoms with Crippen LogP contribution in [0.2, 0.25) is 5.02 Å². The van der Waals surface area contributed by atoms with E-state index in [1.807, 2.05) is 18.2 Å². The fourth-order valence-corrected chi connectivity index (χ4v) is 3.06. The number of amides is 1. The number of carbonyl (C=O) groups excluding carboxylic acids is 1. The van der Waals surface area contributed by atoms with Crippen LogP contribution in [0.3, 0.4) is 0 Å². The van der Waals surface area contributed by atoms with Crippen molar-refractivity contribution in [2.24, 2.45) is 0 Å². The van der Waals surface area contributed by atoms with Crippen LogP contribution in [-0.4, -0.2) is 17.0 Å². The van der Waals surface area contributed by atoms with Crippen LogP contribution < -0.4 is 5.32 Å². The van der Waals surface area contributed by atoms with E-state index in [0.29, 0.717) is 28.4 Å². The number of rotatable bonds is 5. The molecule has 0 fully saturated rings. The summed E-state index contributed by atoms with van der Waals surface area (Å²) in [6, 6.07) is 9.06. The summed E-state index contributed by atoms with van der Waals surface area (Å²) in [4.78, 5) is 23.1. The first-order valence-electron chi connectivity index (χ1n) is 6.34. The molecule has 0 spiro atoms. The van der Waals surface area contributed by atoms with Crippen LogP contribution in [0.5, 0.6) is 0 Å². The number of aryl methyl sites for hydroxylation is 2. The maximum Gasteiger partial charge on any atom is 0.346 e. The molecule has 0 unspecified atom stereocenters. The number of thiophene rings is 1. The van der Waals surface area contributed by atoms with Crippen molar-refractivity contribution >= 4 is 39.8 Å². The predicted molar refractivity (Wildman–Crippen MR) is 84.4 cm³/mol. The average molecular weight is 324 g/mol. The van der Waals surface area contributed by atoms with Gasteiger partial charge in [0.15, 0.2) is 0 Å². The van der Waals surface area contributed by atoms with Gasteiger partial charge in [0.25, 0.3) is 0 Å². The number of carboxylic acids is 1. The molecule has 0 bridgehead atoms. The summed E-state index contributed by atoms with van der Waals surface area (Å²) in [5, 5.41) is 12.9. The highest BCUT2D eigenvalue weighted by Gasteiger charge is 2.13. The Morgan fingerprint density at radius 2 is 2.05 bits per heavy atom. The highest BCUT2D eigenvalue weighted by atomic mass is 35.5. The van der Waals surface area contributed by atoms with Crippen molar-refractivity contribution < 1.29 is 14.7 Å². The van der Waals surface area contributed by atoms with Crippen LogP contribution in [0, 0.1) is 6.92 Å². The van der Waals surface area contributed by atoms with Gasteiger partial charge in [-0.25, -0.2) is 4.79 Å². The lowest BCUT2D eigenvalue weighted by atomic mass is 10.1. The van der Waals surface area contributed by atoms with Gasteiger partial charge in [-0.15, -0.1) is 11.3 Å². The average Bonchev–Trinajstić information content (AvgIpc) is 2.79. The van der Waals surface area contributed by atoms with Crippen LogP contribution >= 0.6 is 22.9 Å². The summed E-state index contributed by atoms with van der Waals surface area (Å²) in [6.07, 6.45) is 0.838. The highest BCUT2D eigenvalue weighted by molar-refractivity contribution is 7.18. The first-order chi connectivity index (χ1) is 9.97. The highest BCUT2D eigenvalue weighted by Crippen LogP contribution is 2.26. The lowest BCUT2D eigenvalue weighted by Crippen LogP contribution is -2.11. The number of aromatic carboxylic acids is 1. The Kier molecular flexibility index (Phi) is 4.98. The molecule has 0 aliphatic rings. The molecule has 2 N–H and O–H groups in total. The van der Waals surface area contributed by atoms with E-state index in [0.717, 1.165) is 16.9 Å². The molecular weight excluding hydrogens is 310 g/mol. The topological polar surface area (TPSA) is 66.4 Å². The lowest BCUT2D eigenvalue weighted by Gasteiger charge is -2.04. The number of anilines is 1. The number of halogens is 1. The molecule has 110 valence electrons. The zero-order chi connectivity index (χ0) is 15.4. The van der Waals surface area contributed by atoms with E-state index in [9.17, 15) is 9.59 Å². The van der Waals surface area contributed by atoms with Crippen molar-refractivity contribution in [1.82, 2.24) is 0 Å². The molecule has 0 radical (unpaired) electrons. The Bertz CT molecular complexity index is 681. The second-order valence-corrected chi connectivity index (χ2v) is 6.03. The number of carbonyl (C=O) groups is 2. The van der Waals surface area contributed by atoms with Gasteiger partial charge in [0.1, 0.15) is 4.88 Å². The molecule has 2 aromatic rings. The van der Waals surface area contributed by atoms with Crippen LogP contribution in [0.1, 0.15) is 27.2 Å². The van der Waals surface area contributed by atoms with Crippen molar-refractivity contribution in [3.05, 3.63) is 51.4 Å². The third-order valence-corrected chi connectivity index (χ3v) is 4.46. The lowest BCUT2D eigenvalue weighted by molar-refractivity contribution is -0.116. The van der Waals surface area contributed by atoms with Gasteiger partial charge < -0.3 is 10.4 Å². The molecular formula is C15H14ClNO3S. The van der Waals surface area contributed by atoms with E-state index >= 15 is 0 Å². The van der Waals surface area contributed by atoms with Crippen LogP contribution in [0.25, 0.3) is 0 Å². The van der Waals surface area contributed by atoms with Gasteiger partial charge in [-0.3, -0.25) is 4.79 Å². The fourth-order valence-electron chi connectivity index (χ4n) is 1.91. The normalized spacial score (nSPS) is 10.4. The Morgan fingerprint density at radius 1 is 1.33 bits per heavy atom. The third-order valence-electron chi connectivity index (χ3n) is 2.95. The SMILES string of the molecule is Cc1cc(NC(=O)CCc2ccccc2Cl)sc1C(=O)O. The summed E-state index contributed by atoms with van der Waals surface area (Å²) in [5.74, 6) is -1.14. The summed E-state index contributed by atoms with van der Waals surface area (Å²) >= 11 is 7.10. The second-order valence-electron chi connectivity index (χ2n) is 4.57. The Hall–Kier alpha value is -1.85. The number of benzene rings is 1. The van der Waals surface area contributed by atoms with Crippen LogP contribution in [0.4, 0.5) is 5.00 Å². The van der Waals surface area contributed by atoms with Crippen molar-refractivity contribution in [3.8, 4) is 0 Å². The molecule has 0 atom stereocenters. The second kappa shape index (κ2) is 6.74. The molecule has 1 aromatic heterocycles. The first-order valence-corrected chi connectivity index (χ1v) is 7.54. The molecule has 1 amide bonds. The predicted octanol–water partition coefficient (Wildman–Crippen LogP) is 3.98. The molecule has 1 aromatic carbocycles. The molecule has 4 nitrogen and oxygen atoms in total. The Morgan fingerprint density at radius 3 is 2.67 bits per heavy atom. The maximum atomic E-state index is 11.9. The molecule has 2 rings (SSSR count). The molecule has 0 saturated heterocycles. The van der Waals surface area contributed by atoms with Gasteiger partial charge in [-0.1, -0.05) is 29.8 Å². The zero-order valence-corrected chi connectivity index (χ0v) is 12.9. The van der Waals surface area contributed by atoms with Crippen molar-refractivity contribution in [3.63, 3.8) is 0 Å². The minimum absolute atomic E-state index is 0.159. The maximum absolute atomic E-state index is 11.9. The van der Waals surface area contributed by atoms with Crippen LogP contribution in [-0.2, 0) is 11.2 Å². The minimum atomic E-state index is -0.978. The van der Waals surface area contributed by atoms with Crippen molar-refractivity contribution in [2.45, 2.75) is 19.8 Å². The van der Waals surface area contributed by atoms with E-state index < -0.39 is 5.97 Å². The van der Waals surface area contributed by atoms with Gasteiger partial charge in [0.2, 0.25) is 5.91 Å². The van der Waals surface area contributed by atoms with Crippen molar-refractivity contribution in [2.75, 3.05) is 5.32 Å². The summed E-state index contributed by atoms with van der Waals surface area (Å²) in [7, 11) is 0. The van der Waals surface area contributed by atoms with E-state index in [1.54, 1.807) is 19.1 Å². The molecule has 0 saturated carbocycles. The third kappa shape index (κ3) is 4.06. The minimum Gasteiger partial charge on any atom is -0.477 e. The van der Waals surface area contributed by atoms with Gasteiger partial charge in [-0.2, -0.15) is 0 Å². The zero-order valence-electron chi connectivity index (χ0n) is 11.4. The van der Waals surface area contributed by atoms with E-state index in [1.165, 1.54) is 0 Å². The van der Waals surface area contributed by atoms with Crippen molar-refractivity contribution in [1.29, 1.82) is 0 Å². The number of nitrogens with one attached hydrogen (secondary N) is 1. The fraction of sp³-hybridized carbons (Fsp3) is 0.200. The smallest absolute Gasteiger partial charge is 0.346 e. The van der Waals surface area contributed by atoms with Gasteiger partial charge in [0.05, 0.1) is 5.00 Å². The molecule has 0 aliphatic heterocycles. The number of hydrogen-bond acceptors (Lipinski definition) is 3. The first kappa shape index (κ1) is 15.5. The largest absolute Gasteiger partial charge is 0.477 e. The number of carboxylic acid groups (broad SMARTS) is 1. The van der Waals surface area contributed by atoms with E-state index in [4.69, 9.17) is 16.7 Å². The summed E-state index contributed by atoms with van der Waals surface area (Å²) < 4.78 is 0. The molecule has 1 heterocycles. The molecule has 0 aliphatic carbocycles. The quantitative estimate of drug-likeness (QED) is 0.874. The standard InChI is InChI=1S/C15H14ClNO3S/c1-9-8-13(21-14(9)15(19)20)17-12(18)7-6-10-4-2-3-5-11(10)16/h2-5,8H,6-7H2,1H3,(H,17,18)(H,19,20). The van der Waals surface area contributed by atoms with Gasteiger partial charge in [-0.05, 0) is 36.6 Å². The Labute approximate surface area is 131 Å². The molecule has 21 heavy (non-hydrogen) atoms. The summed E-state index contributed by atoms with van der Waals surface area (Å²) in [6.45, 7) is 1.71. The van der Waals surface area contributed by atoms with Gasteiger partial charge >= 0.3 is 5.97 Å². The number of hydrogen-bond donors (Lipinski definition) is 2. The monoisotopic (exact) mass is 323 g/mol. The Balaban J connectivity index is 1.95. The van der Waals surface area contributed by atoms with Crippen LogP contribution in [0.15, 0.2) is 30.3 Å². The van der Waals surface area contributed by atoms with E-state index in [2.05, 4.69) is 5.32 Å². The summed E-state index contributed by atoms with van der Waals surface area (Å²) in [5.41, 5.74) is 1.57. The van der Waals surface area contributed by atoms with Gasteiger partial charge in [0, 0.05) is 11.4 Å². The molecule has 6 heteroatoms.